The molecule has 346 valence electrons. The highest BCUT2D eigenvalue weighted by Gasteiger charge is 2.52. The van der Waals surface area contributed by atoms with Gasteiger partial charge < -0.3 is 14.0 Å². The third-order valence-corrected chi connectivity index (χ3v) is 15.8. The number of nitrogens with zero attached hydrogens (tertiary/aromatic N) is 3. The van der Waals surface area contributed by atoms with Gasteiger partial charge in [0.05, 0.1) is 38.9 Å². The molecule has 0 fully saturated rings. The molecule has 11 aromatic carbocycles. The molecule has 5 heteroatoms. The minimum Gasteiger partial charge on any atom is -0.310 e. The maximum Gasteiger partial charge on any atom is 0.150 e. The van der Waals surface area contributed by atoms with Crippen LogP contribution in [0.15, 0.2) is 249 Å². The van der Waals surface area contributed by atoms with Gasteiger partial charge in [-0.3, -0.25) is 9.59 Å². The molecule has 0 N–H and O–H groups in total. The fourth-order valence-corrected chi connectivity index (χ4v) is 12.7. The number of anilines is 3. The first-order valence-corrected chi connectivity index (χ1v) is 25.1. The zero-order valence-electron chi connectivity index (χ0n) is 40.0. The summed E-state index contributed by atoms with van der Waals surface area (Å²) in [6, 6.07) is 89.5. The van der Waals surface area contributed by atoms with E-state index in [2.05, 4.69) is 238 Å². The van der Waals surface area contributed by atoms with Gasteiger partial charge in [-0.05, 0) is 165 Å². The van der Waals surface area contributed by atoms with Crippen molar-refractivity contribution in [3.63, 3.8) is 0 Å². The van der Waals surface area contributed by atoms with E-state index in [1.807, 2.05) is 24.3 Å². The number of para-hydroxylation sites is 5. The van der Waals surface area contributed by atoms with Crippen LogP contribution in [0, 0.1) is 0 Å². The van der Waals surface area contributed by atoms with E-state index in [-0.39, 0.29) is 0 Å². The second kappa shape index (κ2) is 16.1. The van der Waals surface area contributed by atoms with Gasteiger partial charge >= 0.3 is 0 Å². The predicted molar refractivity (Wildman–Crippen MR) is 302 cm³/mol. The number of benzene rings is 11. The van der Waals surface area contributed by atoms with Gasteiger partial charge in [-0.25, -0.2) is 0 Å². The van der Waals surface area contributed by atoms with Gasteiger partial charge in [0.1, 0.15) is 12.6 Å². The van der Waals surface area contributed by atoms with Gasteiger partial charge in [0, 0.05) is 49.7 Å². The van der Waals surface area contributed by atoms with E-state index in [0.29, 0.717) is 11.1 Å². The van der Waals surface area contributed by atoms with Crippen LogP contribution in [0.5, 0.6) is 0 Å². The molecule has 0 amide bonds. The monoisotopic (exact) mass is 945 g/mol. The molecule has 0 saturated carbocycles. The first-order valence-electron chi connectivity index (χ1n) is 25.1. The molecular formula is C69H43N3O2. The SMILES string of the molecule is O=Cc1ccc2c(c1)c1ccccc1n2-c1ccc(-c2ccc3c(c2)C2(c4cc(-c5ccc(-n6c7ccccc7c7cc(C=O)ccc76)cc5)ccc4-3)c3ccccc3N(c3ccccc3)c3ccccc32)cc1. The lowest BCUT2D eigenvalue weighted by atomic mass is 9.64. The molecule has 5 nitrogen and oxygen atoms in total. The summed E-state index contributed by atoms with van der Waals surface area (Å²) in [5.41, 5.74) is 22.5. The molecule has 0 saturated heterocycles. The third kappa shape index (κ3) is 5.92. The molecule has 1 aliphatic heterocycles. The number of carbonyl (C=O) groups is 2. The summed E-state index contributed by atoms with van der Waals surface area (Å²) in [6.45, 7) is 0. The van der Waals surface area contributed by atoms with Crippen LogP contribution in [0.1, 0.15) is 43.0 Å². The minimum atomic E-state index is -0.665. The fourth-order valence-electron chi connectivity index (χ4n) is 12.7. The largest absolute Gasteiger partial charge is 0.310 e. The van der Waals surface area contributed by atoms with Crippen molar-refractivity contribution in [2.75, 3.05) is 4.90 Å². The van der Waals surface area contributed by atoms with Crippen LogP contribution in [0.2, 0.25) is 0 Å². The van der Waals surface area contributed by atoms with Crippen LogP contribution in [0.3, 0.4) is 0 Å². The summed E-state index contributed by atoms with van der Waals surface area (Å²) in [5.74, 6) is 0. The van der Waals surface area contributed by atoms with E-state index in [1.165, 1.54) is 33.4 Å². The minimum absolute atomic E-state index is 0.665. The van der Waals surface area contributed by atoms with Crippen LogP contribution >= 0.6 is 0 Å². The fraction of sp³-hybridized carbons (Fsp3) is 0.0145. The van der Waals surface area contributed by atoms with Crippen molar-refractivity contribution in [2.45, 2.75) is 5.41 Å². The van der Waals surface area contributed by atoms with Crippen molar-refractivity contribution in [2.24, 2.45) is 0 Å². The van der Waals surface area contributed by atoms with Crippen LogP contribution in [-0.4, -0.2) is 21.7 Å². The Morgan fingerprint density at radius 1 is 0.297 bits per heavy atom. The summed E-state index contributed by atoms with van der Waals surface area (Å²) in [7, 11) is 0. The highest BCUT2D eigenvalue weighted by atomic mass is 16.1. The summed E-state index contributed by atoms with van der Waals surface area (Å²) < 4.78 is 4.60. The molecular weight excluding hydrogens is 903 g/mol. The Kier molecular flexibility index (Phi) is 9.11. The van der Waals surface area contributed by atoms with Gasteiger partial charge in [0.25, 0.3) is 0 Å². The topological polar surface area (TPSA) is 47.2 Å². The maximum absolute atomic E-state index is 11.8. The van der Waals surface area contributed by atoms with Crippen molar-refractivity contribution in [1.82, 2.24) is 9.13 Å². The number of hydrogen-bond acceptors (Lipinski definition) is 3. The van der Waals surface area contributed by atoms with E-state index in [0.717, 1.165) is 107 Å². The molecule has 1 aliphatic carbocycles. The molecule has 0 bridgehead atoms. The Hall–Kier alpha value is -9.84. The Bertz CT molecular complexity index is 4200. The highest BCUT2D eigenvalue weighted by Crippen LogP contribution is 2.64. The lowest BCUT2D eigenvalue weighted by Crippen LogP contribution is -2.36. The van der Waals surface area contributed by atoms with E-state index >= 15 is 0 Å². The zero-order valence-corrected chi connectivity index (χ0v) is 40.0. The van der Waals surface area contributed by atoms with Crippen LogP contribution in [-0.2, 0) is 5.41 Å². The third-order valence-electron chi connectivity index (χ3n) is 15.8. The van der Waals surface area contributed by atoms with E-state index < -0.39 is 5.41 Å². The van der Waals surface area contributed by atoms with Gasteiger partial charge in [-0.2, -0.15) is 0 Å². The Balaban J connectivity index is 0.903. The highest BCUT2D eigenvalue weighted by molar-refractivity contribution is 6.12. The lowest BCUT2D eigenvalue weighted by molar-refractivity contribution is 0.111. The number of aromatic nitrogens is 2. The van der Waals surface area contributed by atoms with Gasteiger partial charge in [-0.15, -0.1) is 0 Å². The molecule has 0 atom stereocenters. The number of carbonyl (C=O) groups excluding carboxylic acids is 2. The lowest BCUT2D eigenvalue weighted by Gasteiger charge is -2.45. The molecule has 3 heterocycles. The summed E-state index contributed by atoms with van der Waals surface area (Å²) in [5, 5.41) is 4.36. The van der Waals surface area contributed by atoms with Crippen molar-refractivity contribution >= 4 is 73.2 Å². The van der Waals surface area contributed by atoms with E-state index in [4.69, 9.17) is 0 Å². The smallest absolute Gasteiger partial charge is 0.150 e. The second-order valence-electron chi connectivity index (χ2n) is 19.6. The number of hydrogen-bond donors (Lipinski definition) is 0. The number of aldehydes is 2. The zero-order chi connectivity index (χ0) is 49.1. The Labute approximate surface area is 427 Å². The first kappa shape index (κ1) is 41.9. The van der Waals surface area contributed by atoms with Crippen LogP contribution in [0.4, 0.5) is 17.1 Å². The van der Waals surface area contributed by atoms with Crippen molar-refractivity contribution in [1.29, 1.82) is 0 Å². The molecule has 1 spiro atoms. The van der Waals surface area contributed by atoms with Crippen molar-refractivity contribution in [3.8, 4) is 44.8 Å². The predicted octanol–water partition coefficient (Wildman–Crippen LogP) is 17.0. The molecule has 0 radical (unpaired) electrons. The quantitative estimate of drug-likeness (QED) is 0.150. The summed E-state index contributed by atoms with van der Waals surface area (Å²) in [4.78, 5) is 26.1. The van der Waals surface area contributed by atoms with Gasteiger partial charge in [0.2, 0.25) is 0 Å². The standard InChI is InChI=1S/C69H43N3O2/c73-42-44-22-36-65-57(38-44)55-14-4-8-18-63(55)70(65)51-30-24-46(25-31-51)48-28-34-53-54-35-29-49(47-26-32-52(33-27-47)71-64-19-9-5-15-56(64)58-39-45(43-74)23-37-66(58)71)41-62(54)69(61(53)40-48)59-16-6-10-20-67(59)72(50-12-2-1-3-13-50)68-21-11-7-17-60(68)69/h1-43H. The molecule has 13 aromatic rings. The number of rotatable bonds is 7. The summed E-state index contributed by atoms with van der Waals surface area (Å²) >= 11 is 0. The molecule has 15 rings (SSSR count). The van der Waals surface area contributed by atoms with Gasteiger partial charge in [-0.1, -0.05) is 140 Å². The molecule has 0 unspecified atom stereocenters. The van der Waals surface area contributed by atoms with Crippen molar-refractivity contribution in [3.05, 3.63) is 282 Å². The van der Waals surface area contributed by atoms with E-state index in [1.54, 1.807) is 0 Å². The van der Waals surface area contributed by atoms with Crippen LogP contribution < -0.4 is 4.90 Å². The average Bonchev–Trinajstić information content (AvgIpc) is 4.11. The normalized spacial score (nSPS) is 13.1. The van der Waals surface area contributed by atoms with Crippen LogP contribution in [0.25, 0.3) is 88.4 Å². The molecule has 2 aliphatic rings. The first-order chi connectivity index (χ1) is 36.6. The molecule has 2 aromatic heterocycles. The Morgan fingerprint density at radius 3 is 1.18 bits per heavy atom. The Morgan fingerprint density at radius 2 is 0.703 bits per heavy atom. The number of fused-ring (bicyclic) bond motifs is 15. The average molecular weight is 946 g/mol. The van der Waals surface area contributed by atoms with Crippen molar-refractivity contribution < 1.29 is 9.59 Å². The summed E-state index contributed by atoms with van der Waals surface area (Å²) in [6.07, 6.45) is 1.84. The maximum atomic E-state index is 11.8. The van der Waals surface area contributed by atoms with E-state index in [9.17, 15) is 9.59 Å². The second-order valence-corrected chi connectivity index (χ2v) is 19.6. The van der Waals surface area contributed by atoms with Gasteiger partial charge in [0.15, 0.2) is 0 Å². The molecule has 74 heavy (non-hydrogen) atoms.